The number of carbonyl (C=O) groups is 1. The summed E-state index contributed by atoms with van der Waals surface area (Å²) in [6.45, 7) is 1.90. The molecule has 0 unspecified atom stereocenters. The zero-order chi connectivity index (χ0) is 21.6. The van der Waals surface area contributed by atoms with E-state index in [0.717, 1.165) is 11.3 Å². The van der Waals surface area contributed by atoms with Gasteiger partial charge < -0.3 is 20.1 Å². The Morgan fingerprint density at radius 1 is 1.00 bits per heavy atom. The summed E-state index contributed by atoms with van der Waals surface area (Å²) in [7, 11) is 1.60. The zero-order valence-corrected chi connectivity index (χ0v) is 16.9. The van der Waals surface area contributed by atoms with Crippen molar-refractivity contribution in [3.8, 4) is 23.2 Å². The minimum Gasteiger partial charge on any atom is -0.497 e. The van der Waals surface area contributed by atoms with Gasteiger partial charge in [0.1, 0.15) is 17.8 Å². The monoisotopic (exact) mass is 416 g/mol. The number of nitrogens with one attached hydrogen (secondary N) is 2. The lowest BCUT2D eigenvalue weighted by atomic mass is 10.2. The molecule has 0 bridgehead atoms. The minimum absolute atomic E-state index is 0.346. The van der Waals surface area contributed by atoms with Crippen molar-refractivity contribution in [1.29, 1.82) is 0 Å². The van der Waals surface area contributed by atoms with Crippen molar-refractivity contribution in [3.63, 3.8) is 0 Å². The third-order valence-corrected chi connectivity index (χ3v) is 4.38. The summed E-state index contributed by atoms with van der Waals surface area (Å²) in [5, 5.41) is 9.75. The Bertz CT molecular complexity index is 1180. The first-order chi connectivity index (χ1) is 15.1. The van der Waals surface area contributed by atoms with E-state index in [1.54, 1.807) is 72.7 Å². The van der Waals surface area contributed by atoms with Gasteiger partial charge in [0.15, 0.2) is 5.82 Å². The van der Waals surface area contributed by atoms with E-state index in [9.17, 15) is 4.79 Å². The highest BCUT2D eigenvalue weighted by atomic mass is 16.5. The van der Waals surface area contributed by atoms with E-state index in [0.29, 0.717) is 28.8 Å². The van der Waals surface area contributed by atoms with Gasteiger partial charge in [-0.2, -0.15) is 5.10 Å². The highest BCUT2D eigenvalue weighted by Gasteiger charge is 2.07. The van der Waals surface area contributed by atoms with Gasteiger partial charge in [-0.15, -0.1) is 0 Å². The maximum Gasteiger partial charge on any atom is 0.323 e. The molecule has 0 aliphatic carbocycles. The number of hydrogen-bond acceptors (Lipinski definition) is 6. The summed E-state index contributed by atoms with van der Waals surface area (Å²) >= 11 is 0. The number of anilines is 2. The molecule has 4 rings (SSSR count). The molecule has 9 heteroatoms. The first kappa shape index (κ1) is 19.9. The summed E-state index contributed by atoms with van der Waals surface area (Å²) in [6.07, 6.45) is 4.86. The van der Waals surface area contributed by atoms with E-state index in [1.165, 1.54) is 6.33 Å². The molecule has 0 aliphatic rings. The molecule has 2 heterocycles. The van der Waals surface area contributed by atoms with E-state index >= 15 is 0 Å². The molecule has 0 atom stereocenters. The smallest absolute Gasteiger partial charge is 0.323 e. The number of hydrogen-bond donors (Lipinski definition) is 2. The summed E-state index contributed by atoms with van der Waals surface area (Å²) in [4.78, 5) is 20.6. The first-order valence-corrected chi connectivity index (χ1v) is 9.43. The van der Waals surface area contributed by atoms with Crippen LogP contribution in [0.1, 0.15) is 5.56 Å². The van der Waals surface area contributed by atoms with E-state index < -0.39 is 0 Å². The number of nitrogens with zero attached hydrogens (tertiary/aromatic N) is 4. The third kappa shape index (κ3) is 4.96. The lowest BCUT2D eigenvalue weighted by Gasteiger charge is -2.11. The number of urea groups is 1. The van der Waals surface area contributed by atoms with E-state index in [4.69, 9.17) is 9.47 Å². The lowest BCUT2D eigenvalue weighted by molar-refractivity contribution is 0.262. The minimum atomic E-state index is -0.346. The zero-order valence-electron chi connectivity index (χ0n) is 16.9. The molecule has 156 valence electrons. The standard InChI is InChI=1S/C22H20N6O3/c1-15-12-18(30-2)8-9-19(15)27-22(29)26-16-4-6-17(7-5-16)31-21-13-20(23-14-24-21)28-11-3-10-25-28/h3-14H,1-2H3,(H2,26,27,29). The Balaban J connectivity index is 1.37. The molecule has 2 aromatic heterocycles. The second-order valence-electron chi connectivity index (χ2n) is 6.55. The fraction of sp³-hybridized carbons (Fsp3) is 0.0909. The number of benzene rings is 2. The molecule has 0 aliphatic heterocycles. The molecule has 2 aromatic carbocycles. The van der Waals surface area contributed by atoms with E-state index in [-0.39, 0.29) is 6.03 Å². The summed E-state index contributed by atoms with van der Waals surface area (Å²) in [5.74, 6) is 2.29. The molecule has 0 spiro atoms. The first-order valence-electron chi connectivity index (χ1n) is 9.43. The maximum absolute atomic E-state index is 12.3. The highest BCUT2D eigenvalue weighted by Crippen LogP contribution is 2.23. The van der Waals surface area contributed by atoms with Crippen molar-refractivity contribution >= 4 is 17.4 Å². The summed E-state index contributed by atoms with van der Waals surface area (Å²) < 4.78 is 12.6. The third-order valence-electron chi connectivity index (χ3n) is 4.38. The van der Waals surface area contributed by atoms with Crippen LogP contribution in [0.2, 0.25) is 0 Å². The van der Waals surface area contributed by atoms with Gasteiger partial charge in [-0.3, -0.25) is 0 Å². The van der Waals surface area contributed by atoms with E-state index in [2.05, 4.69) is 25.7 Å². The Morgan fingerprint density at radius 2 is 1.81 bits per heavy atom. The Kier molecular flexibility index (Phi) is 5.75. The number of methoxy groups -OCH3 is 1. The van der Waals surface area contributed by atoms with Gasteiger partial charge in [0.2, 0.25) is 5.88 Å². The van der Waals surface area contributed by atoms with Crippen LogP contribution in [0.5, 0.6) is 17.4 Å². The van der Waals surface area contributed by atoms with Crippen LogP contribution in [0.15, 0.2) is 73.3 Å². The molecule has 0 fully saturated rings. The number of aromatic nitrogens is 4. The average molecular weight is 416 g/mol. The molecular weight excluding hydrogens is 396 g/mol. The lowest BCUT2D eigenvalue weighted by Crippen LogP contribution is -2.19. The van der Waals surface area contributed by atoms with Crippen LogP contribution in [0.25, 0.3) is 5.82 Å². The van der Waals surface area contributed by atoms with Crippen molar-refractivity contribution in [3.05, 3.63) is 78.9 Å². The fourth-order valence-corrected chi connectivity index (χ4v) is 2.83. The predicted octanol–water partition coefficient (Wildman–Crippen LogP) is 4.42. The largest absolute Gasteiger partial charge is 0.497 e. The number of aryl methyl sites for hydroxylation is 1. The quantitative estimate of drug-likeness (QED) is 0.482. The number of carbonyl (C=O) groups excluding carboxylic acids is 1. The van der Waals surface area contributed by atoms with Gasteiger partial charge in [-0.05, 0) is 61.0 Å². The van der Waals surface area contributed by atoms with Crippen LogP contribution in [-0.4, -0.2) is 32.9 Å². The Labute approximate surface area is 178 Å². The van der Waals surface area contributed by atoms with Crippen LogP contribution in [0.3, 0.4) is 0 Å². The topological polar surface area (TPSA) is 103 Å². The van der Waals surface area contributed by atoms with Gasteiger partial charge in [0.05, 0.1) is 7.11 Å². The highest BCUT2D eigenvalue weighted by molar-refractivity contribution is 6.00. The number of ether oxygens (including phenoxy) is 2. The molecule has 0 saturated carbocycles. The van der Waals surface area contributed by atoms with Gasteiger partial charge in [-0.25, -0.2) is 19.4 Å². The SMILES string of the molecule is COc1ccc(NC(=O)Nc2ccc(Oc3cc(-n4cccn4)ncn3)cc2)c(C)c1. The van der Waals surface area contributed by atoms with Crippen LogP contribution < -0.4 is 20.1 Å². The van der Waals surface area contributed by atoms with Gasteiger partial charge >= 0.3 is 6.03 Å². The average Bonchev–Trinajstić information content (AvgIpc) is 3.32. The molecule has 9 nitrogen and oxygen atoms in total. The predicted molar refractivity (Wildman–Crippen MR) is 116 cm³/mol. The van der Waals surface area contributed by atoms with Gasteiger partial charge in [0.25, 0.3) is 0 Å². The second-order valence-corrected chi connectivity index (χ2v) is 6.55. The van der Waals surface area contributed by atoms with Gasteiger partial charge in [0, 0.05) is 29.8 Å². The van der Waals surface area contributed by atoms with E-state index in [1.807, 2.05) is 13.0 Å². The van der Waals surface area contributed by atoms with Crippen molar-refractivity contribution in [2.24, 2.45) is 0 Å². The van der Waals surface area contributed by atoms with Gasteiger partial charge in [-0.1, -0.05) is 0 Å². The van der Waals surface area contributed by atoms with Crippen LogP contribution in [0.4, 0.5) is 16.2 Å². The van der Waals surface area contributed by atoms with Crippen molar-refractivity contribution in [1.82, 2.24) is 19.7 Å². The van der Waals surface area contributed by atoms with Crippen molar-refractivity contribution < 1.29 is 14.3 Å². The summed E-state index contributed by atoms with van der Waals surface area (Å²) in [5.41, 5.74) is 2.23. The number of rotatable bonds is 6. The molecule has 4 aromatic rings. The number of amides is 2. The molecule has 2 N–H and O–H groups in total. The fourth-order valence-electron chi connectivity index (χ4n) is 2.83. The van der Waals surface area contributed by atoms with Crippen LogP contribution >= 0.6 is 0 Å². The Hall–Kier alpha value is -4.40. The van der Waals surface area contributed by atoms with Crippen LogP contribution in [-0.2, 0) is 0 Å². The second kappa shape index (κ2) is 8.95. The van der Waals surface area contributed by atoms with Crippen molar-refractivity contribution in [2.75, 3.05) is 17.7 Å². The van der Waals surface area contributed by atoms with Crippen LogP contribution in [0, 0.1) is 6.92 Å². The van der Waals surface area contributed by atoms with Crippen molar-refractivity contribution in [2.45, 2.75) is 6.92 Å². The normalized spacial score (nSPS) is 10.4. The Morgan fingerprint density at radius 3 is 2.52 bits per heavy atom. The maximum atomic E-state index is 12.3. The molecule has 2 amide bonds. The summed E-state index contributed by atoms with van der Waals surface area (Å²) in [6, 6.07) is 15.5. The molecule has 0 saturated heterocycles. The molecular formula is C22H20N6O3. The molecule has 31 heavy (non-hydrogen) atoms. The molecule has 0 radical (unpaired) electrons.